The SMILES string of the molecule is O=C1C2=CC=CC(c3ccc(O)cc3)(c3ccc(O)cc3)C2C(=O)N1c1ccccc1. The van der Waals surface area contributed by atoms with E-state index in [2.05, 4.69) is 0 Å². The minimum absolute atomic E-state index is 0.111. The summed E-state index contributed by atoms with van der Waals surface area (Å²) >= 11 is 0. The highest BCUT2D eigenvalue weighted by Gasteiger charge is 2.56. The average Bonchev–Trinajstić information content (AvgIpc) is 3.06. The molecule has 5 rings (SSSR count). The molecule has 3 aromatic rings. The van der Waals surface area contributed by atoms with Crippen LogP contribution in [0.15, 0.2) is 103 Å². The van der Waals surface area contributed by atoms with Crippen molar-refractivity contribution in [3.63, 3.8) is 0 Å². The number of amides is 2. The molecule has 152 valence electrons. The molecule has 3 aromatic carbocycles. The van der Waals surface area contributed by atoms with Crippen molar-refractivity contribution in [3.8, 4) is 11.5 Å². The molecule has 31 heavy (non-hydrogen) atoms. The first-order valence-corrected chi connectivity index (χ1v) is 9.94. The third-order valence-corrected chi connectivity index (χ3v) is 6.02. The zero-order chi connectivity index (χ0) is 21.6. The minimum Gasteiger partial charge on any atom is -0.508 e. The van der Waals surface area contributed by atoms with Gasteiger partial charge in [-0.05, 0) is 47.5 Å². The van der Waals surface area contributed by atoms with Gasteiger partial charge in [-0.3, -0.25) is 9.59 Å². The summed E-state index contributed by atoms with van der Waals surface area (Å²) in [5.74, 6) is -1.21. The van der Waals surface area contributed by atoms with Gasteiger partial charge in [0.2, 0.25) is 5.91 Å². The number of hydrogen-bond acceptors (Lipinski definition) is 4. The third-order valence-electron chi connectivity index (χ3n) is 6.02. The normalized spacial score (nSPS) is 19.3. The van der Waals surface area contributed by atoms with Crippen LogP contribution in [0.1, 0.15) is 11.1 Å². The summed E-state index contributed by atoms with van der Waals surface area (Å²) in [6.45, 7) is 0. The zero-order valence-corrected chi connectivity index (χ0v) is 16.5. The first-order chi connectivity index (χ1) is 15.0. The fraction of sp³-hybridized carbons (Fsp3) is 0.0769. The van der Waals surface area contributed by atoms with E-state index in [1.807, 2.05) is 12.1 Å². The Morgan fingerprint density at radius 1 is 0.742 bits per heavy atom. The Balaban J connectivity index is 1.74. The van der Waals surface area contributed by atoms with Crippen LogP contribution >= 0.6 is 0 Å². The number of rotatable bonds is 3. The van der Waals surface area contributed by atoms with E-state index in [-0.39, 0.29) is 23.3 Å². The Bertz CT molecular complexity index is 1180. The lowest BCUT2D eigenvalue weighted by Gasteiger charge is -2.38. The highest BCUT2D eigenvalue weighted by molar-refractivity contribution is 6.30. The second-order valence-corrected chi connectivity index (χ2v) is 7.69. The predicted molar refractivity (Wildman–Crippen MR) is 117 cm³/mol. The molecule has 2 aliphatic rings. The van der Waals surface area contributed by atoms with Crippen LogP contribution in [-0.2, 0) is 15.0 Å². The number of fused-ring (bicyclic) bond motifs is 1. The Labute approximate surface area is 179 Å². The van der Waals surface area contributed by atoms with Gasteiger partial charge in [0.05, 0.1) is 17.0 Å². The van der Waals surface area contributed by atoms with Gasteiger partial charge in [-0.2, -0.15) is 0 Å². The lowest BCUT2D eigenvalue weighted by atomic mass is 9.62. The molecular weight excluding hydrogens is 390 g/mol. The van der Waals surface area contributed by atoms with Gasteiger partial charge in [0.1, 0.15) is 11.5 Å². The molecule has 1 aliphatic heterocycles. The van der Waals surface area contributed by atoms with E-state index in [4.69, 9.17) is 0 Å². The maximum atomic E-state index is 13.8. The zero-order valence-electron chi connectivity index (χ0n) is 16.5. The fourth-order valence-corrected chi connectivity index (χ4v) is 4.61. The van der Waals surface area contributed by atoms with Gasteiger partial charge in [-0.15, -0.1) is 0 Å². The molecular formula is C26H19NO4. The molecule has 1 atom stereocenters. The Kier molecular flexibility index (Phi) is 4.26. The van der Waals surface area contributed by atoms with Crippen LogP contribution in [0.25, 0.3) is 0 Å². The van der Waals surface area contributed by atoms with Gasteiger partial charge >= 0.3 is 0 Å². The maximum Gasteiger partial charge on any atom is 0.261 e. The van der Waals surface area contributed by atoms with Gasteiger partial charge in [0.15, 0.2) is 0 Å². The van der Waals surface area contributed by atoms with Crippen molar-refractivity contribution in [1.82, 2.24) is 0 Å². The molecule has 1 heterocycles. The fourth-order valence-electron chi connectivity index (χ4n) is 4.61. The number of phenolic OH excluding ortho intramolecular Hbond substituents is 2. The summed E-state index contributed by atoms with van der Waals surface area (Å²) in [6, 6.07) is 22.2. The topological polar surface area (TPSA) is 77.8 Å². The van der Waals surface area contributed by atoms with Crippen molar-refractivity contribution in [2.45, 2.75) is 5.41 Å². The smallest absolute Gasteiger partial charge is 0.261 e. The van der Waals surface area contributed by atoms with E-state index in [9.17, 15) is 19.8 Å². The van der Waals surface area contributed by atoms with Gasteiger partial charge < -0.3 is 10.2 Å². The van der Waals surface area contributed by atoms with Crippen LogP contribution in [0, 0.1) is 5.92 Å². The van der Waals surface area contributed by atoms with Crippen LogP contribution < -0.4 is 4.90 Å². The lowest BCUT2D eigenvalue weighted by molar-refractivity contribution is -0.122. The van der Waals surface area contributed by atoms with Gasteiger partial charge in [-0.25, -0.2) is 4.90 Å². The van der Waals surface area contributed by atoms with Gasteiger partial charge in [-0.1, -0.05) is 60.7 Å². The first kappa shape index (κ1) is 18.9. The average molecular weight is 409 g/mol. The summed E-state index contributed by atoms with van der Waals surface area (Å²) in [5, 5.41) is 19.7. The molecule has 0 bridgehead atoms. The van der Waals surface area contributed by atoms with E-state index in [1.54, 1.807) is 84.9 Å². The number of imide groups is 1. The van der Waals surface area contributed by atoms with Crippen molar-refractivity contribution >= 4 is 17.5 Å². The number of para-hydroxylation sites is 1. The molecule has 0 aromatic heterocycles. The van der Waals surface area contributed by atoms with Crippen molar-refractivity contribution in [2.24, 2.45) is 5.92 Å². The number of nitrogens with zero attached hydrogens (tertiary/aromatic N) is 1. The monoisotopic (exact) mass is 409 g/mol. The molecule has 5 nitrogen and oxygen atoms in total. The number of allylic oxidation sites excluding steroid dienone is 3. The number of carbonyl (C=O) groups excluding carboxylic acids is 2. The number of carbonyl (C=O) groups is 2. The second kappa shape index (κ2) is 6.99. The number of hydrogen-bond donors (Lipinski definition) is 2. The number of aromatic hydroxyl groups is 2. The minimum atomic E-state index is -0.970. The number of phenols is 2. The Morgan fingerprint density at radius 2 is 1.29 bits per heavy atom. The summed E-state index contributed by atoms with van der Waals surface area (Å²) < 4.78 is 0. The van der Waals surface area contributed by atoms with Crippen molar-refractivity contribution in [1.29, 1.82) is 0 Å². The predicted octanol–water partition coefficient (Wildman–Crippen LogP) is 4.07. The van der Waals surface area contributed by atoms with E-state index in [0.717, 1.165) is 11.1 Å². The van der Waals surface area contributed by atoms with Crippen molar-refractivity contribution in [2.75, 3.05) is 4.90 Å². The molecule has 1 unspecified atom stereocenters. The van der Waals surface area contributed by atoms with E-state index in [0.29, 0.717) is 11.3 Å². The highest BCUT2D eigenvalue weighted by Crippen LogP contribution is 2.50. The summed E-state index contributed by atoms with van der Waals surface area (Å²) in [6.07, 6.45) is 5.41. The number of anilines is 1. The molecule has 1 aliphatic carbocycles. The largest absolute Gasteiger partial charge is 0.508 e. The first-order valence-electron chi connectivity index (χ1n) is 9.94. The molecule has 1 fully saturated rings. The highest BCUT2D eigenvalue weighted by atomic mass is 16.3. The molecule has 0 radical (unpaired) electrons. The van der Waals surface area contributed by atoms with Crippen LogP contribution in [0.5, 0.6) is 11.5 Å². The molecule has 2 N–H and O–H groups in total. The maximum absolute atomic E-state index is 13.8. The van der Waals surface area contributed by atoms with Crippen molar-refractivity contribution in [3.05, 3.63) is 114 Å². The Morgan fingerprint density at radius 3 is 1.84 bits per heavy atom. The van der Waals surface area contributed by atoms with E-state index < -0.39 is 11.3 Å². The van der Waals surface area contributed by atoms with Crippen molar-refractivity contribution < 1.29 is 19.8 Å². The van der Waals surface area contributed by atoms with Crippen LogP contribution in [0.3, 0.4) is 0 Å². The molecule has 1 saturated heterocycles. The van der Waals surface area contributed by atoms with Crippen LogP contribution in [0.4, 0.5) is 5.69 Å². The summed E-state index contributed by atoms with van der Waals surface area (Å²) in [5.41, 5.74) is 1.50. The third kappa shape index (κ3) is 2.78. The van der Waals surface area contributed by atoms with Crippen LogP contribution in [-0.4, -0.2) is 22.0 Å². The number of benzene rings is 3. The lowest BCUT2D eigenvalue weighted by Crippen LogP contribution is -2.41. The van der Waals surface area contributed by atoms with E-state index in [1.165, 1.54) is 4.90 Å². The standard InChI is InChI=1S/C26H19NO4/c28-20-12-8-17(9-13-20)26(18-10-14-21(29)15-11-18)16-4-7-22-23(26)25(31)27(24(22)30)19-5-2-1-3-6-19/h1-16,23,28-29H. The Hall–Kier alpha value is -4.12. The molecule has 0 saturated carbocycles. The van der Waals surface area contributed by atoms with Gasteiger partial charge in [0.25, 0.3) is 5.91 Å². The van der Waals surface area contributed by atoms with Gasteiger partial charge in [0, 0.05) is 5.57 Å². The second-order valence-electron chi connectivity index (χ2n) is 7.69. The molecule has 0 spiro atoms. The van der Waals surface area contributed by atoms with E-state index >= 15 is 0 Å². The van der Waals surface area contributed by atoms with Crippen LogP contribution in [0.2, 0.25) is 0 Å². The summed E-state index contributed by atoms with van der Waals surface area (Å²) in [7, 11) is 0. The molecule has 5 heteroatoms. The molecule has 2 amide bonds. The summed E-state index contributed by atoms with van der Waals surface area (Å²) in [4.78, 5) is 28.3. The quantitative estimate of drug-likeness (QED) is 0.640.